The number of amides is 2. The molecule has 9 heteroatoms. The van der Waals surface area contributed by atoms with Crippen LogP contribution in [0, 0.1) is 13.8 Å². The number of hydrogen-bond acceptors (Lipinski definition) is 7. The lowest BCUT2D eigenvalue weighted by molar-refractivity contribution is 0.0956. The summed E-state index contributed by atoms with van der Waals surface area (Å²) >= 11 is 1.34. The number of hydrogen-bond donors (Lipinski definition) is 2. The Bertz CT molecular complexity index is 1310. The summed E-state index contributed by atoms with van der Waals surface area (Å²) in [7, 11) is 0. The van der Waals surface area contributed by atoms with Crippen molar-refractivity contribution in [3.05, 3.63) is 87.3 Å². The Balaban J connectivity index is 1.68. The molecule has 0 bridgehead atoms. The molecule has 0 saturated heterocycles. The maximum atomic E-state index is 13.4. The van der Waals surface area contributed by atoms with Crippen LogP contribution in [-0.4, -0.2) is 85.1 Å². The highest BCUT2D eigenvalue weighted by Gasteiger charge is 2.19. The topological polar surface area (TPSA) is 80.3 Å². The van der Waals surface area contributed by atoms with Crippen LogP contribution in [0.5, 0.6) is 0 Å². The highest BCUT2D eigenvalue weighted by atomic mass is 32.1. The number of rotatable bonds is 17. The van der Waals surface area contributed by atoms with Crippen molar-refractivity contribution in [2.75, 3.05) is 57.7 Å². The van der Waals surface area contributed by atoms with E-state index in [-0.39, 0.29) is 11.8 Å². The third kappa shape index (κ3) is 10.7. The molecule has 0 radical (unpaired) electrons. The van der Waals surface area contributed by atoms with Crippen molar-refractivity contribution in [3.8, 4) is 0 Å². The van der Waals surface area contributed by atoms with Crippen molar-refractivity contribution >= 4 is 34.4 Å². The normalized spacial score (nSPS) is 11.7. The van der Waals surface area contributed by atoms with Crippen molar-refractivity contribution in [2.24, 2.45) is 5.10 Å². The standard InChI is InChI=1S/C34H48N6O2S/c1-7-38(8-2)18-20-40(21-19-39(9-3)10-4)24-29-12-11-13-30(22-29)32(41)36-34-31(27(6)25-43-34)33(42)37-35-23-28-16-14-26(5)15-17-28/h11-17,22-23,25H,7-10,18-21,24H2,1-6H3,(H,36,41)(H,37,42). The van der Waals surface area contributed by atoms with Crippen molar-refractivity contribution in [2.45, 2.75) is 48.1 Å². The van der Waals surface area contributed by atoms with Crippen LogP contribution in [0.1, 0.15) is 70.7 Å². The van der Waals surface area contributed by atoms with Crippen molar-refractivity contribution in [1.29, 1.82) is 0 Å². The van der Waals surface area contributed by atoms with Gasteiger partial charge in [-0.05, 0) is 74.2 Å². The Labute approximate surface area is 261 Å². The summed E-state index contributed by atoms with van der Waals surface area (Å²) in [6.45, 7) is 21.6. The van der Waals surface area contributed by atoms with Crippen molar-refractivity contribution < 1.29 is 9.59 Å². The van der Waals surface area contributed by atoms with Gasteiger partial charge in [0.05, 0.1) is 11.8 Å². The molecule has 0 fully saturated rings. The van der Waals surface area contributed by atoms with Crippen LogP contribution in [0.2, 0.25) is 0 Å². The van der Waals surface area contributed by atoms with E-state index in [1.807, 2.05) is 61.7 Å². The van der Waals surface area contributed by atoms with Gasteiger partial charge in [0, 0.05) is 38.3 Å². The number of anilines is 1. The summed E-state index contributed by atoms with van der Waals surface area (Å²) in [5.74, 6) is -0.595. The van der Waals surface area contributed by atoms with Crippen LogP contribution in [0.25, 0.3) is 0 Å². The number of likely N-dealkylation sites (N-methyl/N-ethyl adjacent to an activating group) is 2. The van der Waals surface area contributed by atoms with Crippen LogP contribution in [-0.2, 0) is 6.54 Å². The Kier molecular flexibility index (Phi) is 14.0. The number of aryl methyl sites for hydroxylation is 2. The Hall–Kier alpha value is -3.37. The van der Waals surface area contributed by atoms with Gasteiger partial charge in [0.15, 0.2) is 0 Å². The first-order valence-electron chi connectivity index (χ1n) is 15.3. The molecule has 0 unspecified atom stereocenters. The second kappa shape index (κ2) is 17.7. The number of carbonyl (C=O) groups excluding carboxylic acids is 2. The van der Waals surface area contributed by atoms with Crippen molar-refractivity contribution in [1.82, 2.24) is 20.1 Å². The molecule has 1 heterocycles. The first kappa shape index (κ1) is 34.1. The van der Waals surface area contributed by atoms with E-state index in [4.69, 9.17) is 0 Å². The minimum absolute atomic E-state index is 0.237. The van der Waals surface area contributed by atoms with Crippen molar-refractivity contribution in [3.63, 3.8) is 0 Å². The quantitative estimate of drug-likeness (QED) is 0.149. The second-order valence-electron chi connectivity index (χ2n) is 10.7. The largest absolute Gasteiger partial charge is 0.313 e. The molecule has 43 heavy (non-hydrogen) atoms. The van der Waals surface area contributed by atoms with Gasteiger partial charge in [-0.15, -0.1) is 11.3 Å². The number of nitrogens with one attached hydrogen (secondary N) is 2. The summed E-state index contributed by atoms with van der Waals surface area (Å²) in [5, 5.41) is 9.47. The summed E-state index contributed by atoms with van der Waals surface area (Å²) in [5.41, 5.74) is 7.53. The predicted octanol–water partition coefficient (Wildman–Crippen LogP) is 5.87. The maximum Gasteiger partial charge on any atom is 0.274 e. The van der Waals surface area contributed by atoms with E-state index in [0.29, 0.717) is 16.1 Å². The molecule has 3 rings (SSSR count). The molecule has 8 nitrogen and oxygen atoms in total. The molecule has 0 aliphatic heterocycles. The lowest BCUT2D eigenvalue weighted by Crippen LogP contribution is -2.39. The molecule has 232 valence electrons. The van der Waals surface area contributed by atoms with Gasteiger partial charge in [-0.1, -0.05) is 69.7 Å². The van der Waals surface area contributed by atoms with E-state index >= 15 is 0 Å². The fraction of sp³-hybridized carbons (Fsp3) is 0.441. The van der Waals surface area contributed by atoms with Crippen LogP contribution in [0.15, 0.2) is 59.0 Å². The van der Waals surface area contributed by atoms with E-state index in [2.05, 4.69) is 64.3 Å². The van der Waals surface area contributed by atoms with E-state index < -0.39 is 0 Å². The minimum Gasteiger partial charge on any atom is -0.313 e. The Morgan fingerprint density at radius 2 is 1.42 bits per heavy atom. The molecule has 0 spiro atoms. The monoisotopic (exact) mass is 604 g/mol. The van der Waals surface area contributed by atoms with Gasteiger partial charge in [0.2, 0.25) is 0 Å². The van der Waals surface area contributed by atoms with Gasteiger partial charge in [0.25, 0.3) is 11.8 Å². The third-order valence-corrected chi connectivity index (χ3v) is 8.75. The first-order chi connectivity index (χ1) is 20.8. The number of thiophene rings is 1. The molecule has 3 aromatic rings. The average molecular weight is 605 g/mol. The molecular formula is C34H48N6O2S. The highest BCUT2D eigenvalue weighted by Crippen LogP contribution is 2.28. The van der Waals surface area contributed by atoms with Gasteiger partial charge in [-0.25, -0.2) is 5.43 Å². The van der Waals surface area contributed by atoms with E-state index in [1.165, 1.54) is 11.3 Å². The number of hydrazone groups is 1. The smallest absolute Gasteiger partial charge is 0.274 e. The third-order valence-electron chi connectivity index (χ3n) is 7.74. The zero-order valence-electron chi connectivity index (χ0n) is 26.7. The van der Waals surface area contributed by atoms with Gasteiger partial charge < -0.3 is 15.1 Å². The van der Waals surface area contributed by atoms with Gasteiger partial charge in [-0.2, -0.15) is 5.10 Å². The van der Waals surface area contributed by atoms with Gasteiger partial charge >= 0.3 is 0 Å². The summed E-state index contributed by atoms with van der Waals surface area (Å²) in [6, 6.07) is 15.7. The molecule has 0 atom stereocenters. The summed E-state index contributed by atoms with van der Waals surface area (Å²) < 4.78 is 0. The molecule has 2 aromatic carbocycles. The van der Waals surface area contributed by atoms with Crippen LogP contribution < -0.4 is 10.7 Å². The zero-order chi connectivity index (χ0) is 31.2. The average Bonchev–Trinajstić information content (AvgIpc) is 3.38. The lowest BCUT2D eigenvalue weighted by atomic mass is 10.1. The number of nitrogens with zero attached hydrogens (tertiary/aromatic N) is 4. The first-order valence-corrected chi connectivity index (χ1v) is 16.2. The molecule has 0 aliphatic rings. The fourth-order valence-electron chi connectivity index (χ4n) is 4.85. The van der Waals surface area contributed by atoms with Crippen LogP contribution in [0.3, 0.4) is 0 Å². The van der Waals surface area contributed by atoms with Gasteiger partial charge in [-0.3, -0.25) is 14.5 Å². The number of carbonyl (C=O) groups is 2. The minimum atomic E-state index is -0.358. The Morgan fingerprint density at radius 1 is 0.814 bits per heavy atom. The van der Waals surface area contributed by atoms with Crippen LogP contribution in [0.4, 0.5) is 5.00 Å². The number of benzene rings is 2. The molecule has 1 aromatic heterocycles. The highest BCUT2D eigenvalue weighted by molar-refractivity contribution is 7.15. The molecular weight excluding hydrogens is 556 g/mol. The van der Waals surface area contributed by atoms with Crippen LogP contribution >= 0.6 is 11.3 Å². The van der Waals surface area contributed by atoms with E-state index in [1.54, 1.807) is 6.21 Å². The summed E-state index contributed by atoms with van der Waals surface area (Å²) in [4.78, 5) is 33.7. The van der Waals surface area contributed by atoms with Gasteiger partial charge in [0.1, 0.15) is 5.00 Å². The second-order valence-corrected chi connectivity index (χ2v) is 11.6. The molecule has 0 saturated carbocycles. The fourth-order valence-corrected chi connectivity index (χ4v) is 5.79. The predicted molar refractivity (Wildman–Crippen MR) is 181 cm³/mol. The molecule has 2 amide bonds. The Morgan fingerprint density at radius 3 is 2.02 bits per heavy atom. The lowest BCUT2D eigenvalue weighted by Gasteiger charge is -2.29. The zero-order valence-corrected chi connectivity index (χ0v) is 27.5. The maximum absolute atomic E-state index is 13.4. The van der Waals surface area contributed by atoms with E-state index in [0.717, 1.165) is 81.2 Å². The van der Waals surface area contributed by atoms with E-state index in [9.17, 15) is 9.59 Å². The summed E-state index contributed by atoms with van der Waals surface area (Å²) in [6.07, 6.45) is 1.61. The SMILES string of the molecule is CCN(CC)CCN(CCN(CC)CC)Cc1cccc(C(=O)Nc2scc(C)c2C(=O)NN=Cc2ccc(C)cc2)c1. The molecule has 2 N–H and O–H groups in total. The molecule has 0 aliphatic carbocycles.